The highest BCUT2D eigenvalue weighted by molar-refractivity contribution is 7.85. The third-order valence-electron chi connectivity index (χ3n) is 2.70. The van der Waals surface area contributed by atoms with Crippen molar-refractivity contribution in [3.8, 4) is 0 Å². The Balaban J connectivity index is 2.16. The molecule has 2 rings (SSSR count). The third kappa shape index (κ3) is 3.39. The Morgan fingerprint density at radius 1 is 1.41 bits per heavy atom. The van der Waals surface area contributed by atoms with Gasteiger partial charge in [0, 0.05) is 47.9 Å². The summed E-state index contributed by atoms with van der Waals surface area (Å²) in [6, 6.07) is 1.79. The lowest BCUT2D eigenvalue weighted by molar-refractivity contribution is 0.672. The Morgan fingerprint density at radius 2 is 2.12 bits per heavy atom. The summed E-state index contributed by atoms with van der Waals surface area (Å²) in [5, 5.41) is 0.491. The van der Waals surface area contributed by atoms with Crippen LogP contribution < -0.4 is 4.90 Å². The Hall–Kier alpha value is -0.680. The molecule has 4 nitrogen and oxygen atoms in total. The minimum atomic E-state index is -0.667. The fraction of sp³-hybridized carbons (Fsp3) is 0.636. The van der Waals surface area contributed by atoms with Gasteiger partial charge < -0.3 is 4.90 Å². The van der Waals surface area contributed by atoms with Gasteiger partial charge in [-0.3, -0.25) is 4.21 Å². The first-order valence-corrected chi connectivity index (χ1v) is 7.69. The van der Waals surface area contributed by atoms with Gasteiger partial charge in [0.25, 0.3) is 0 Å². The van der Waals surface area contributed by atoms with Gasteiger partial charge >= 0.3 is 0 Å². The number of aryl methyl sites for hydroxylation is 1. The summed E-state index contributed by atoms with van der Waals surface area (Å²) in [4.78, 5) is 10.8. The number of hydrogen-bond acceptors (Lipinski definition) is 4. The van der Waals surface area contributed by atoms with E-state index in [1.165, 1.54) is 0 Å². The molecule has 1 aromatic heterocycles. The van der Waals surface area contributed by atoms with E-state index in [1.807, 2.05) is 0 Å². The van der Waals surface area contributed by atoms with Crippen LogP contribution in [0.4, 0.5) is 5.82 Å². The summed E-state index contributed by atoms with van der Waals surface area (Å²) in [6.45, 7) is 3.66. The first kappa shape index (κ1) is 12.8. The zero-order chi connectivity index (χ0) is 12.3. The predicted octanol–water partition coefficient (Wildman–Crippen LogP) is 1.65. The van der Waals surface area contributed by atoms with Gasteiger partial charge in [-0.2, -0.15) is 0 Å². The molecule has 1 saturated heterocycles. The molecule has 0 N–H and O–H groups in total. The van der Waals surface area contributed by atoms with Crippen molar-refractivity contribution in [3.05, 3.63) is 17.0 Å². The molecule has 1 aliphatic rings. The summed E-state index contributed by atoms with van der Waals surface area (Å²) < 4.78 is 11.3. The van der Waals surface area contributed by atoms with Gasteiger partial charge in [0.1, 0.15) is 16.8 Å². The smallest absolute Gasteiger partial charge is 0.134 e. The first-order chi connectivity index (χ1) is 8.19. The molecule has 0 spiro atoms. The van der Waals surface area contributed by atoms with E-state index in [9.17, 15) is 4.21 Å². The first-order valence-electron chi connectivity index (χ1n) is 5.82. The molecular weight excluding hydrogens is 258 g/mol. The van der Waals surface area contributed by atoms with Gasteiger partial charge in [-0.05, 0) is 6.42 Å². The van der Waals surface area contributed by atoms with Crippen LogP contribution in [0.25, 0.3) is 0 Å². The van der Waals surface area contributed by atoms with Gasteiger partial charge in [-0.1, -0.05) is 18.5 Å². The molecule has 1 aliphatic heterocycles. The Kier molecular flexibility index (Phi) is 4.34. The molecular formula is C11H16ClN3OS. The molecule has 0 unspecified atom stereocenters. The van der Waals surface area contributed by atoms with Crippen molar-refractivity contribution < 1.29 is 4.21 Å². The Labute approximate surface area is 109 Å². The molecule has 94 valence electrons. The van der Waals surface area contributed by atoms with E-state index in [0.717, 1.165) is 37.6 Å². The van der Waals surface area contributed by atoms with Gasteiger partial charge in [-0.25, -0.2) is 9.97 Å². The van der Waals surface area contributed by atoms with Crippen molar-refractivity contribution in [2.45, 2.75) is 19.8 Å². The highest BCUT2D eigenvalue weighted by Gasteiger charge is 2.17. The maximum atomic E-state index is 11.3. The van der Waals surface area contributed by atoms with Crippen molar-refractivity contribution in [2.24, 2.45) is 0 Å². The summed E-state index contributed by atoms with van der Waals surface area (Å²) in [6.07, 6.45) is 1.84. The van der Waals surface area contributed by atoms with Gasteiger partial charge in [0.2, 0.25) is 0 Å². The summed E-state index contributed by atoms with van der Waals surface area (Å²) in [5.74, 6) is 3.09. The fourth-order valence-electron chi connectivity index (χ4n) is 1.82. The second-order valence-electron chi connectivity index (χ2n) is 4.05. The average molecular weight is 274 g/mol. The maximum absolute atomic E-state index is 11.3. The SMILES string of the molecule is CCCc1nc(Cl)cc(N2CCS(=O)CC2)n1. The van der Waals surface area contributed by atoms with E-state index >= 15 is 0 Å². The van der Waals surface area contributed by atoms with Crippen LogP contribution >= 0.6 is 11.6 Å². The normalized spacial score (nSPS) is 17.4. The third-order valence-corrected chi connectivity index (χ3v) is 4.17. The topological polar surface area (TPSA) is 46.1 Å². The minimum Gasteiger partial charge on any atom is -0.355 e. The standard InChI is InChI=1S/C11H16ClN3OS/c1-2-3-10-13-9(12)8-11(14-10)15-4-6-17(16)7-5-15/h8H,2-7H2,1H3. The molecule has 2 heterocycles. The molecule has 0 aromatic carbocycles. The molecule has 0 radical (unpaired) electrons. The summed E-state index contributed by atoms with van der Waals surface area (Å²) >= 11 is 6.00. The van der Waals surface area contributed by atoms with Crippen molar-refractivity contribution in [1.82, 2.24) is 9.97 Å². The van der Waals surface area contributed by atoms with Gasteiger partial charge in [0.15, 0.2) is 0 Å². The quantitative estimate of drug-likeness (QED) is 0.786. The Morgan fingerprint density at radius 3 is 2.76 bits per heavy atom. The number of anilines is 1. The lowest BCUT2D eigenvalue weighted by atomic mass is 10.3. The van der Waals surface area contributed by atoms with Crippen LogP contribution in [0.5, 0.6) is 0 Å². The highest BCUT2D eigenvalue weighted by Crippen LogP contribution is 2.18. The monoisotopic (exact) mass is 273 g/mol. The number of nitrogens with zero attached hydrogens (tertiary/aromatic N) is 3. The molecule has 1 aromatic rings. The Bertz CT molecular complexity index is 417. The molecule has 0 atom stereocenters. The van der Waals surface area contributed by atoms with Crippen LogP contribution in [-0.4, -0.2) is 38.8 Å². The van der Waals surface area contributed by atoms with Crippen LogP contribution in [0.15, 0.2) is 6.07 Å². The average Bonchev–Trinajstić information content (AvgIpc) is 2.29. The van der Waals surface area contributed by atoms with E-state index in [-0.39, 0.29) is 0 Å². The van der Waals surface area contributed by atoms with E-state index in [2.05, 4.69) is 21.8 Å². The lowest BCUT2D eigenvalue weighted by Crippen LogP contribution is -2.38. The highest BCUT2D eigenvalue weighted by atomic mass is 35.5. The maximum Gasteiger partial charge on any atom is 0.134 e. The molecule has 1 fully saturated rings. The minimum absolute atomic E-state index is 0.491. The lowest BCUT2D eigenvalue weighted by Gasteiger charge is -2.27. The second-order valence-corrected chi connectivity index (χ2v) is 6.13. The molecule has 17 heavy (non-hydrogen) atoms. The van der Waals surface area contributed by atoms with Crippen molar-refractivity contribution in [1.29, 1.82) is 0 Å². The number of halogens is 1. The second kappa shape index (κ2) is 5.78. The van der Waals surface area contributed by atoms with Crippen LogP contribution in [0.2, 0.25) is 5.15 Å². The van der Waals surface area contributed by atoms with E-state index in [4.69, 9.17) is 11.6 Å². The summed E-state index contributed by atoms with van der Waals surface area (Å²) in [5.41, 5.74) is 0. The fourth-order valence-corrected chi connectivity index (χ4v) is 3.06. The van der Waals surface area contributed by atoms with Crippen LogP contribution in [0, 0.1) is 0 Å². The number of rotatable bonds is 3. The predicted molar refractivity (Wildman–Crippen MR) is 71.1 cm³/mol. The molecule has 0 saturated carbocycles. The van der Waals surface area contributed by atoms with Crippen LogP contribution in [-0.2, 0) is 17.2 Å². The van der Waals surface area contributed by atoms with Gasteiger partial charge in [-0.15, -0.1) is 0 Å². The van der Waals surface area contributed by atoms with Crippen molar-refractivity contribution in [3.63, 3.8) is 0 Å². The zero-order valence-electron chi connectivity index (χ0n) is 9.86. The van der Waals surface area contributed by atoms with E-state index < -0.39 is 10.8 Å². The number of hydrogen-bond donors (Lipinski definition) is 0. The zero-order valence-corrected chi connectivity index (χ0v) is 11.4. The number of aromatic nitrogens is 2. The van der Waals surface area contributed by atoms with E-state index in [0.29, 0.717) is 16.7 Å². The molecule has 0 amide bonds. The van der Waals surface area contributed by atoms with Crippen molar-refractivity contribution >= 4 is 28.2 Å². The van der Waals surface area contributed by atoms with Crippen LogP contribution in [0.1, 0.15) is 19.2 Å². The molecule has 0 bridgehead atoms. The molecule has 0 aliphatic carbocycles. The van der Waals surface area contributed by atoms with Crippen molar-refractivity contribution in [2.75, 3.05) is 29.5 Å². The molecule has 6 heteroatoms. The van der Waals surface area contributed by atoms with Crippen LogP contribution in [0.3, 0.4) is 0 Å². The summed E-state index contributed by atoms with van der Waals surface area (Å²) in [7, 11) is -0.667. The van der Waals surface area contributed by atoms with Gasteiger partial charge in [0.05, 0.1) is 0 Å². The van der Waals surface area contributed by atoms with E-state index in [1.54, 1.807) is 6.07 Å². The largest absolute Gasteiger partial charge is 0.355 e.